The van der Waals surface area contributed by atoms with Gasteiger partial charge in [-0.25, -0.2) is 9.78 Å². The second kappa shape index (κ2) is 5.83. The van der Waals surface area contributed by atoms with E-state index in [2.05, 4.69) is 9.55 Å². The fraction of sp³-hybridized carbons (Fsp3) is 0.467. The summed E-state index contributed by atoms with van der Waals surface area (Å²) in [7, 11) is 1.66. The Bertz CT molecular complexity index is 659. The number of imidazole rings is 1. The lowest BCUT2D eigenvalue weighted by Gasteiger charge is -2.13. The van der Waals surface area contributed by atoms with E-state index in [9.17, 15) is 4.79 Å². The van der Waals surface area contributed by atoms with Gasteiger partial charge in [-0.05, 0) is 31.0 Å². The summed E-state index contributed by atoms with van der Waals surface area (Å²) in [6, 6.07) is 5.02. The van der Waals surface area contributed by atoms with Crippen molar-refractivity contribution >= 4 is 17.0 Å². The van der Waals surface area contributed by atoms with Crippen molar-refractivity contribution < 1.29 is 19.4 Å². The first-order chi connectivity index (χ1) is 10.2. The van der Waals surface area contributed by atoms with Gasteiger partial charge in [-0.3, -0.25) is 0 Å². The lowest BCUT2D eigenvalue weighted by Crippen LogP contribution is -2.11. The zero-order chi connectivity index (χ0) is 14.8. The number of carboxylic acid groups (broad SMARTS) is 1. The molecule has 112 valence electrons. The molecule has 1 aliphatic heterocycles. The highest BCUT2D eigenvalue weighted by Gasteiger charge is 2.24. The van der Waals surface area contributed by atoms with Crippen molar-refractivity contribution in [3.8, 4) is 0 Å². The lowest BCUT2D eigenvalue weighted by molar-refractivity contribution is 0.0697. The van der Waals surface area contributed by atoms with Crippen molar-refractivity contribution in [1.29, 1.82) is 0 Å². The monoisotopic (exact) mass is 290 g/mol. The number of rotatable bonds is 5. The highest BCUT2D eigenvalue weighted by molar-refractivity contribution is 5.92. The van der Waals surface area contributed by atoms with Gasteiger partial charge in [-0.1, -0.05) is 0 Å². The predicted molar refractivity (Wildman–Crippen MR) is 76.5 cm³/mol. The SMILES string of the molecule is COCCn1c(C2CCCO2)nc2cc(C(=O)O)ccc21. The van der Waals surface area contributed by atoms with Crippen LogP contribution >= 0.6 is 0 Å². The average molecular weight is 290 g/mol. The molecule has 1 N–H and O–H groups in total. The molecule has 0 bridgehead atoms. The topological polar surface area (TPSA) is 73.6 Å². The van der Waals surface area contributed by atoms with Crippen LogP contribution in [0.5, 0.6) is 0 Å². The molecular weight excluding hydrogens is 272 g/mol. The molecule has 1 saturated heterocycles. The van der Waals surface area contributed by atoms with Crippen LogP contribution in [0.15, 0.2) is 18.2 Å². The quantitative estimate of drug-likeness (QED) is 0.914. The third kappa shape index (κ3) is 2.64. The standard InChI is InChI=1S/C15H18N2O4/c1-20-8-6-17-12-5-4-10(15(18)19)9-11(12)16-14(17)13-3-2-7-21-13/h4-5,9,13H,2-3,6-8H2,1H3,(H,18,19). The number of hydrogen-bond acceptors (Lipinski definition) is 4. The number of aromatic carboxylic acids is 1. The van der Waals surface area contributed by atoms with Crippen LogP contribution < -0.4 is 0 Å². The molecule has 0 radical (unpaired) electrons. The number of hydrogen-bond donors (Lipinski definition) is 1. The number of benzene rings is 1. The second-order valence-corrected chi connectivity index (χ2v) is 5.12. The first-order valence-corrected chi connectivity index (χ1v) is 7.04. The fourth-order valence-corrected chi connectivity index (χ4v) is 2.73. The zero-order valence-electron chi connectivity index (χ0n) is 11.9. The van der Waals surface area contributed by atoms with E-state index in [1.807, 2.05) is 0 Å². The van der Waals surface area contributed by atoms with Gasteiger partial charge in [-0.2, -0.15) is 0 Å². The minimum absolute atomic E-state index is 0.0115. The Balaban J connectivity index is 2.08. The Kier molecular flexibility index (Phi) is 3.90. The smallest absolute Gasteiger partial charge is 0.335 e. The summed E-state index contributed by atoms with van der Waals surface area (Å²) in [6.45, 7) is 2.00. The van der Waals surface area contributed by atoms with Crippen LogP contribution in [-0.2, 0) is 16.0 Å². The maximum atomic E-state index is 11.1. The number of aromatic nitrogens is 2. The van der Waals surface area contributed by atoms with Gasteiger partial charge in [0.2, 0.25) is 0 Å². The molecule has 0 amide bonds. The molecule has 1 aromatic heterocycles. The summed E-state index contributed by atoms with van der Waals surface area (Å²) >= 11 is 0. The highest BCUT2D eigenvalue weighted by Crippen LogP contribution is 2.30. The number of methoxy groups -OCH3 is 1. The first-order valence-electron chi connectivity index (χ1n) is 7.04. The molecule has 0 aliphatic carbocycles. The van der Waals surface area contributed by atoms with Crippen LogP contribution in [0.4, 0.5) is 0 Å². The van der Waals surface area contributed by atoms with Crippen LogP contribution in [-0.4, -0.2) is 41.0 Å². The van der Waals surface area contributed by atoms with Crippen LogP contribution in [0.1, 0.15) is 35.1 Å². The van der Waals surface area contributed by atoms with E-state index in [0.717, 1.165) is 30.8 Å². The molecule has 2 heterocycles. The van der Waals surface area contributed by atoms with Gasteiger partial charge in [0, 0.05) is 20.3 Å². The molecule has 1 unspecified atom stereocenters. The molecule has 1 aliphatic rings. The molecule has 1 aromatic carbocycles. The largest absolute Gasteiger partial charge is 0.478 e. The molecule has 6 heteroatoms. The van der Waals surface area contributed by atoms with Crippen molar-refractivity contribution in [2.45, 2.75) is 25.5 Å². The van der Waals surface area contributed by atoms with E-state index in [4.69, 9.17) is 14.6 Å². The van der Waals surface area contributed by atoms with Crippen molar-refractivity contribution in [1.82, 2.24) is 9.55 Å². The zero-order valence-corrected chi connectivity index (χ0v) is 11.9. The summed E-state index contributed by atoms with van der Waals surface area (Å²) in [6.07, 6.45) is 1.96. The Morgan fingerprint density at radius 3 is 3.10 bits per heavy atom. The minimum Gasteiger partial charge on any atom is -0.478 e. The highest BCUT2D eigenvalue weighted by atomic mass is 16.5. The lowest BCUT2D eigenvalue weighted by atomic mass is 10.2. The Morgan fingerprint density at radius 2 is 2.43 bits per heavy atom. The Hall–Kier alpha value is -1.92. The van der Waals surface area contributed by atoms with Gasteiger partial charge in [0.1, 0.15) is 11.9 Å². The van der Waals surface area contributed by atoms with Gasteiger partial charge in [0.25, 0.3) is 0 Å². The summed E-state index contributed by atoms with van der Waals surface area (Å²) in [5, 5.41) is 9.09. The number of ether oxygens (including phenoxy) is 2. The van der Waals surface area contributed by atoms with E-state index >= 15 is 0 Å². The van der Waals surface area contributed by atoms with E-state index in [0.29, 0.717) is 18.7 Å². The maximum Gasteiger partial charge on any atom is 0.335 e. The van der Waals surface area contributed by atoms with E-state index in [1.54, 1.807) is 25.3 Å². The third-order valence-electron chi connectivity index (χ3n) is 3.76. The van der Waals surface area contributed by atoms with Gasteiger partial charge < -0.3 is 19.1 Å². The first kappa shape index (κ1) is 14.0. The molecule has 0 spiro atoms. The second-order valence-electron chi connectivity index (χ2n) is 5.12. The molecule has 0 saturated carbocycles. The van der Waals surface area contributed by atoms with E-state index in [1.165, 1.54) is 0 Å². The van der Waals surface area contributed by atoms with Crippen molar-refractivity contribution in [2.75, 3.05) is 20.3 Å². The normalized spacial score (nSPS) is 18.4. The Labute approximate surface area is 122 Å². The van der Waals surface area contributed by atoms with Gasteiger partial charge in [0.05, 0.1) is 23.2 Å². The third-order valence-corrected chi connectivity index (χ3v) is 3.76. The fourth-order valence-electron chi connectivity index (χ4n) is 2.73. The molecule has 6 nitrogen and oxygen atoms in total. The van der Waals surface area contributed by atoms with Crippen LogP contribution in [0, 0.1) is 0 Å². The molecular formula is C15H18N2O4. The van der Waals surface area contributed by atoms with Crippen LogP contribution in [0.2, 0.25) is 0 Å². The summed E-state index contributed by atoms with van der Waals surface area (Å²) in [4.78, 5) is 15.7. The van der Waals surface area contributed by atoms with E-state index in [-0.39, 0.29) is 11.7 Å². The van der Waals surface area contributed by atoms with Crippen LogP contribution in [0.3, 0.4) is 0 Å². The van der Waals surface area contributed by atoms with Crippen molar-refractivity contribution in [2.24, 2.45) is 0 Å². The molecule has 21 heavy (non-hydrogen) atoms. The molecule has 2 aromatic rings. The molecule has 1 atom stereocenters. The van der Waals surface area contributed by atoms with Gasteiger partial charge >= 0.3 is 5.97 Å². The molecule has 1 fully saturated rings. The number of carbonyl (C=O) groups is 1. The predicted octanol–water partition coefficient (Wildman–Crippen LogP) is 2.23. The Morgan fingerprint density at radius 1 is 1.57 bits per heavy atom. The number of nitrogens with zero attached hydrogens (tertiary/aromatic N) is 2. The van der Waals surface area contributed by atoms with Crippen LogP contribution in [0.25, 0.3) is 11.0 Å². The summed E-state index contributed by atoms with van der Waals surface area (Å²) in [5.41, 5.74) is 1.86. The summed E-state index contributed by atoms with van der Waals surface area (Å²) in [5.74, 6) is -0.0795. The maximum absolute atomic E-state index is 11.1. The minimum atomic E-state index is -0.943. The van der Waals surface area contributed by atoms with Gasteiger partial charge in [0.15, 0.2) is 0 Å². The van der Waals surface area contributed by atoms with Gasteiger partial charge in [-0.15, -0.1) is 0 Å². The summed E-state index contributed by atoms with van der Waals surface area (Å²) < 4.78 is 13.0. The molecule has 3 rings (SSSR count). The van der Waals surface area contributed by atoms with Crippen molar-refractivity contribution in [3.05, 3.63) is 29.6 Å². The average Bonchev–Trinajstić information content (AvgIpc) is 3.11. The number of fused-ring (bicyclic) bond motifs is 1. The number of carboxylic acids is 1. The van der Waals surface area contributed by atoms with E-state index < -0.39 is 5.97 Å². The van der Waals surface area contributed by atoms with Crippen molar-refractivity contribution in [3.63, 3.8) is 0 Å².